The number of amidine groups is 1. The molecule has 0 spiro atoms. The van der Waals surface area contributed by atoms with Crippen molar-refractivity contribution in [3.63, 3.8) is 0 Å². The Morgan fingerprint density at radius 2 is 2.30 bits per heavy atom. The highest BCUT2D eigenvalue weighted by atomic mass is 32.2. The van der Waals surface area contributed by atoms with Crippen molar-refractivity contribution in [2.24, 2.45) is 4.99 Å². The zero-order valence-electron chi connectivity index (χ0n) is 11.6. The maximum absolute atomic E-state index is 11.8. The van der Waals surface area contributed by atoms with E-state index in [1.54, 1.807) is 6.08 Å². The molecule has 112 valence electrons. The van der Waals surface area contributed by atoms with Crippen LogP contribution < -0.4 is 0 Å². The van der Waals surface area contributed by atoms with E-state index in [0.717, 1.165) is 12.8 Å². The molecular formula is C13H20N2O3S2. The molecule has 0 aromatic heterocycles. The van der Waals surface area contributed by atoms with Crippen LogP contribution >= 0.6 is 11.8 Å². The van der Waals surface area contributed by atoms with Crippen LogP contribution in [0.4, 0.5) is 0 Å². The number of hydrogen-bond acceptors (Lipinski definition) is 4. The summed E-state index contributed by atoms with van der Waals surface area (Å²) in [4.78, 5) is 17.9. The molecule has 7 heteroatoms. The van der Waals surface area contributed by atoms with E-state index >= 15 is 0 Å². The van der Waals surface area contributed by atoms with Gasteiger partial charge in [-0.1, -0.05) is 31.2 Å². The minimum atomic E-state index is -2.96. The van der Waals surface area contributed by atoms with Gasteiger partial charge in [0.15, 0.2) is 15.0 Å². The lowest BCUT2D eigenvalue weighted by Crippen LogP contribution is -2.37. The molecule has 2 rings (SSSR count). The number of carbonyl (C=O) groups is 1. The van der Waals surface area contributed by atoms with Gasteiger partial charge in [0.25, 0.3) is 0 Å². The maximum Gasteiger partial charge on any atom is 0.248 e. The van der Waals surface area contributed by atoms with Gasteiger partial charge in [-0.15, -0.1) is 6.58 Å². The highest BCUT2D eigenvalue weighted by Crippen LogP contribution is 2.38. The van der Waals surface area contributed by atoms with Crippen molar-refractivity contribution >= 4 is 32.7 Å². The van der Waals surface area contributed by atoms with Gasteiger partial charge in [0.1, 0.15) is 0 Å². The summed E-state index contributed by atoms with van der Waals surface area (Å²) < 4.78 is 23.4. The van der Waals surface area contributed by atoms with Gasteiger partial charge in [0.05, 0.1) is 17.5 Å². The topological polar surface area (TPSA) is 66.8 Å². The minimum Gasteiger partial charge on any atom is -0.342 e. The number of hydrogen-bond donors (Lipinski definition) is 0. The Kier molecular flexibility index (Phi) is 4.90. The van der Waals surface area contributed by atoms with Gasteiger partial charge in [0.2, 0.25) is 5.91 Å². The van der Waals surface area contributed by atoms with Crippen LogP contribution in [0.2, 0.25) is 0 Å². The molecule has 2 aliphatic rings. The molecule has 2 saturated heterocycles. The van der Waals surface area contributed by atoms with Crippen LogP contribution in [0.3, 0.4) is 0 Å². The summed E-state index contributed by atoms with van der Waals surface area (Å²) in [6.07, 6.45) is 3.97. The molecule has 0 aromatic carbocycles. The molecule has 2 heterocycles. The highest BCUT2D eigenvalue weighted by Gasteiger charge is 2.48. The first-order valence-corrected chi connectivity index (χ1v) is 9.53. The lowest BCUT2D eigenvalue weighted by atomic mass is 10.2. The molecule has 0 saturated carbocycles. The summed E-state index contributed by atoms with van der Waals surface area (Å²) in [5, 5.41) is 0.661. The zero-order valence-corrected chi connectivity index (χ0v) is 13.3. The molecule has 0 N–H and O–H groups in total. The van der Waals surface area contributed by atoms with E-state index in [-0.39, 0.29) is 28.7 Å². The Morgan fingerprint density at radius 1 is 1.55 bits per heavy atom. The number of fused-ring (bicyclic) bond motifs is 1. The average molecular weight is 316 g/mol. The fourth-order valence-corrected chi connectivity index (χ4v) is 6.46. The largest absolute Gasteiger partial charge is 0.342 e. The Labute approximate surface area is 124 Å². The number of nitrogens with zero attached hydrogens (tertiary/aromatic N) is 2. The number of thioether (sulfide) groups is 1. The molecule has 0 aliphatic carbocycles. The predicted octanol–water partition coefficient (Wildman–Crippen LogP) is 1.46. The third-order valence-electron chi connectivity index (χ3n) is 3.47. The fraction of sp³-hybridized carbons (Fsp3) is 0.692. The first kappa shape index (κ1) is 15.6. The van der Waals surface area contributed by atoms with E-state index in [2.05, 4.69) is 11.6 Å². The summed E-state index contributed by atoms with van der Waals surface area (Å²) in [5.74, 6) is 0.213. The van der Waals surface area contributed by atoms with Gasteiger partial charge in [0, 0.05) is 18.2 Å². The number of amides is 1. The third-order valence-corrected chi connectivity index (χ3v) is 6.71. The van der Waals surface area contributed by atoms with E-state index in [9.17, 15) is 13.2 Å². The van der Waals surface area contributed by atoms with Gasteiger partial charge < -0.3 is 4.90 Å². The molecule has 5 nitrogen and oxygen atoms in total. The van der Waals surface area contributed by atoms with E-state index in [1.807, 2.05) is 11.8 Å². The molecular weight excluding hydrogens is 296 g/mol. The van der Waals surface area contributed by atoms with Crippen LogP contribution in [0.5, 0.6) is 0 Å². The Bertz CT molecular complexity index is 528. The molecule has 0 bridgehead atoms. The smallest absolute Gasteiger partial charge is 0.248 e. The maximum atomic E-state index is 11.8. The number of aliphatic imine (C=N–C) groups is 1. The van der Waals surface area contributed by atoms with Crippen molar-refractivity contribution < 1.29 is 13.2 Å². The lowest BCUT2D eigenvalue weighted by Gasteiger charge is -2.22. The Morgan fingerprint density at radius 3 is 2.95 bits per heavy atom. The van der Waals surface area contributed by atoms with Crippen molar-refractivity contribution in [2.45, 2.75) is 37.5 Å². The first-order chi connectivity index (χ1) is 9.46. The summed E-state index contributed by atoms with van der Waals surface area (Å²) in [5.41, 5.74) is 0. The predicted molar refractivity (Wildman–Crippen MR) is 82.7 cm³/mol. The van der Waals surface area contributed by atoms with Crippen molar-refractivity contribution in [1.82, 2.24) is 4.90 Å². The minimum absolute atomic E-state index is 0.00215. The van der Waals surface area contributed by atoms with E-state index in [0.29, 0.717) is 18.1 Å². The molecule has 0 unspecified atom stereocenters. The third kappa shape index (κ3) is 3.44. The molecule has 2 aliphatic heterocycles. The Hall–Kier alpha value is -0.820. The normalized spacial score (nSPS) is 29.6. The van der Waals surface area contributed by atoms with Crippen molar-refractivity contribution in [3.05, 3.63) is 12.7 Å². The Balaban J connectivity index is 2.13. The summed E-state index contributed by atoms with van der Waals surface area (Å²) in [7, 11) is -2.96. The van der Waals surface area contributed by atoms with Crippen LogP contribution in [-0.2, 0) is 14.6 Å². The molecule has 2 atom stereocenters. The number of carbonyl (C=O) groups excluding carboxylic acids is 1. The molecule has 1 amide bonds. The average Bonchev–Trinajstić information content (AvgIpc) is 2.81. The fourth-order valence-electron chi connectivity index (χ4n) is 2.48. The summed E-state index contributed by atoms with van der Waals surface area (Å²) >= 11 is 1.42. The van der Waals surface area contributed by atoms with Gasteiger partial charge in [-0.2, -0.15) is 4.99 Å². The van der Waals surface area contributed by atoms with Crippen LogP contribution in [0.25, 0.3) is 0 Å². The van der Waals surface area contributed by atoms with Gasteiger partial charge >= 0.3 is 0 Å². The standard InChI is InChI=1S/C13H20N2O3S2/c1-3-5-6-12(16)14-13-15(7-4-2)10-8-20(17,18)9-11(10)19-13/h4,10-11H,2-3,5-9H2,1H3/t10-,11-/m1/s1. The summed E-state index contributed by atoms with van der Waals surface area (Å²) in [6, 6.07) is -0.0688. The van der Waals surface area contributed by atoms with Crippen molar-refractivity contribution in [2.75, 3.05) is 18.1 Å². The van der Waals surface area contributed by atoms with Crippen molar-refractivity contribution in [3.8, 4) is 0 Å². The number of rotatable bonds is 5. The zero-order chi connectivity index (χ0) is 14.8. The number of unbranched alkanes of at least 4 members (excludes halogenated alkanes) is 1. The van der Waals surface area contributed by atoms with E-state index < -0.39 is 9.84 Å². The second-order valence-electron chi connectivity index (χ2n) is 5.13. The number of sulfone groups is 1. The lowest BCUT2D eigenvalue weighted by molar-refractivity contribution is -0.117. The van der Waals surface area contributed by atoms with E-state index in [4.69, 9.17) is 0 Å². The van der Waals surface area contributed by atoms with Gasteiger partial charge in [-0.25, -0.2) is 8.42 Å². The van der Waals surface area contributed by atoms with E-state index in [1.165, 1.54) is 11.8 Å². The highest BCUT2D eigenvalue weighted by molar-refractivity contribution is 8.15. The molecule has 0 aromatic rings. The summed E-state index contributed by atoms with van der Waals surface area (Å²) in [6.45, 7) is 6.26. The molecule has 20 heavy (non-hydrogen) atoms. The first-order valence-electron chi connectivity index (χ1n) is 6.83. The quantitative estimate of drug-likeness (QED) is 0.718. The SMILES string of the molecule is C=CCN1C(=NC(=O)CCCC)S[C@@H]2CS(=O)(=O)C[C@H]21. The van der Waals surface area contributed by atoms with Crippen molar-refractivity contribution in [1.29, 1.82) is 0 Å². The van der Waals surface area contributed by atoms with Crippen LogP contribution in [0.15, 0.2) is 17.6 Å². The van der Waals surface area contributed by atoms with Gasteiger partial charge in [-0.3, -0.25) is 4.79 Å². The van der Waals surface area contributed by atoms with Gasteiger partial charge in [-0.05, 0) is 6.42 Å². The van der Waals surface area contributed by atoms with Crippen LogP contribution in [0.1, 0.15) is 26.2 Å². The monoisotopic (exact) mass is 316 g/mol. The van der Waals surface area contributed by atoms with Crippen LogP contribution in [0, 0.1) is 0 Å². The second kappa shape index (κ2) is 6.30. The van der Waals surface area contributed by atoms with Crippen LogP contribution in [-0.4, -0.2) is 53.7 Å². The molecule has 0 radical (unpaired) electrons. The molecule has 2 fully saturated rings. The second-order valence-corrected chi connectivity index (χ2v) is 8.49.